The Labute approximate surface area is 141 Å². The molecule has 8 heteroatoms. The van der Waals surface area contributed by atoms with Gasteiger partial charge in [-0.15, -0.1) is 0 Å². The van der Waals surface area contributed by atoms with Crippen LogP contribution < -0.4 is 5.32 Å². The van der Waals surface area contributed by atoms with E-state index in [1.54, 1.807) is 0 Å². The monoisotopic (exact) mass is 344 g/mol. The first-order valence-corrected chi connectivity index (χ1v) is 7.22. The van der Waals surface area contributed by atoms with Crippen LogP contribution in [-0.4, -0.2) is 14.9 Å². The van der Waals surface area contributed by atoms with Crippen molar-refractivity contribution in [3.05, 3.63) is 75.7 Å². The Morgan fingerprint density at radius 2 is 1.83 bits per heavy atom. The lowest BCUT2D eigenvalue weighted by Crippen LogP contribution is -2.01. The Morgan fingerprint density at radius 1 is 1.08 bits per heavy atom. The maximum Gasteiger partial charge on any atom is 0.295 e. The van der Waals surface area contributed by atoms with Gasteiger partial charge >= 0.3 is 0 Å². The number of nitro benzene ring substituents is 1. The maximum atomic E-state index is 13.2. The molecule has 0 aliphatic carbocycles. The van der Waals surface area contributed by atoms with Crippen molar-refractivity contribution in [2.45, 2.75) is 0 Å². The molecule has 0 saturated carbocycles. The van der Waals surface area contributed by atoms with Crippen molar-refractivity contribution < 1.29 is 9.31 Å². The number of nitrogens with one attached hydrogen (secondary N) is 1. The predicted octanol–water partition coefficient (Wildman–Crippen LogP) is 4.59. The number of nitrogens with zero attached hydrogens (tertiary/aromatic N) is 3. The zero-order chi connectivity index (χ0) is 17.1. The number of halogens is 2. The molecule has 0 radical (unpaired) electrons. The second-order valence-corrected chi connectivity index (χ2v) is 5.20. The van der Waals surface area contributed by atoms with E-state index in [0.29, 0.717) is 5.82 Å². The molecule has 3 rings (SSSR count). The Hall–Kier alpha value is -3.06. The first kappa shape index (κ1) is 15.8. The molecular weight excluding hydrogens is 335 g/mol. The summed E-state index contributed by atoms with van der Waals surface area (Å²) in [6.45, 7) is 0. The predicted molar refractivity (Wildman–Crippen MR) is 88.8 cm³/mol. The summed E-state index contributed by atoms with van der Waals surface area (Å²) in [5.41, 5.74) is 0.456. The summed E-state index contributed by atoms with van der Waals surface area (Å²) < 4.78 is 13.2. The fourth-order valence-electron chi connectivity index (χ4n) is 2.10. The Kier molecular flexibility index (Phi) is 4.35. The van der Waals surface area contributed by atoms with Gasteiger partial charge in [0.1, 0.15) is 22.5 Å². The molecule has 2 aromatic carbocycles. The molecule has 0 fully saturated rings. The lowest BCUT2D eigenvalue weighted by Gasteiger charge is -2.08. The van der Waals surface area contributed by atoms with Gasteiger partial charge in [-0.1, -0.05) is 41.9 Å². The molecular formula is C16H10ClFN4O2. The van der Waals surface area contributed by atoms with Crippen LogP contribution in [0, 0.1) is 15.9 Å². The van der Waals surface area contributed by atoms with Gasteiger partial charge in [0.25, 0.3) is 5.69 Å². The molecule has 1 aromatic heterocycles. The lowest BCUT2D eigenvalue weighted by atomic mass is 10.2. The summed E-state index contributed by atoms with van der Waals surface area (Å²) in [4.78, 5) is 18.8. The van der Waals surface area contributed by atoms with E-state index in [1.807, 2.05) is 30.3 Å². The molecule has 1 N–H and O–H groups in total. The van der Waals surface area contributed by atoms with Gasteiger partial charge < -0.3 is 5.32 Å². The molecule has 0 aliphatic rings. The van der Waals surface area contributed by atoms with Gasteiger partial charge in [0.05, 0.1) is 11.0 Å². The van der Waals surface area contributed by atoms with E-state index in [2.05, 4.69) is 15.3 Å². The van der Waals surface area contributed by atoms with Crippen molar-refractivity contribution in [3.8, 4) is 11.4 Å². The van der Waals surface area contributed by atoms with Gasteiger partial charge in [0.15, 0.2) is 5.82 Å². The fraction of sp³-hybridized carbons (Fsp3) is 0. The van der Waals surface area contributed by atoms with Gasteiger partial charge in [0, 0.05) is 11.6 Å². The molecule has 0 aliphatic heterocycles. The van der Waals surface area contributed by atoms with Crippen LogP contribution in [0.15, 0.2) is 54.6 Å². The van der Waals surface area contributed by atoms with E-state index in [4.69, 9.17) is 11.6 Å². The first-order chi connectivity index (χ1) is 11.5. The molecule has 0 unspecified atom stereocenters. The second kappa shape index (κ2) is 6.59. The van der Waals surface area contributed by atoms with Gasteiger partial charge in [0.2, 0.25) is 0 Å². The summed E-state index contributed by atoms with van der Waals surface area (Å²) in [6, 6.07) is 13.8. The highest BCUT2D eigenvalue weighted by molar-refractivity contribution is 6.29. The van der Waals surface area contributed by atoms with Crippen molar-refractivity contribution in [2.24, 2.45) is 0 Å². The van der Waals surface area contributed by atoms with E-state index in [1.165, 1.54) is 12.1 Å². The topological polar surface area (TPSA) is 81.0 Å². The number of hydrogen-bond acceptors (Lipinski definition) is 5. The van der Waals surface area contributed by atoms with Gasteiger partial charge in [-0.2, -0.15) is 0 Å². The number of rotatable bonds is 4. The molecule has 6 nitrogen and oxygen atoms in total. The number of benzene rings is 2. The third-order valence-corrected chi connectivity index (χ3v) is 3.34. The van der Waals surface area contributed by atoms with Crippen molar-refractivity contribution >= 4 is 28.8 Å². The molecule has 1 heterocycles. The molecule has 0 amide bonds. The number of hydrogen-bond donors (Lipinski definition) is 1. The minimum atomic E-state index is -0.696. The smallest absolute Gasteiger partial charge is 0.295 e. The lowest BCUT2D eigenvalue weighted by molar-refractivity contribution is -0.384. The molecule has 0 atom stereocenters. The molecule has 24 heavy (non-hydrogen) atoms. The van der Waals surface area contributed by atoms with E-state index < -0.39 is 16.4 Å². The third kappa shape index (κ3) is 3.47. The summed E-state index contributed by atoms with van der Waals surface area (Å²) in [7, 11) is 0. The quantitative estimate of drug-likeness (QED) is 0.425. The van der Waals surface area contributed by atoms with Crippen LogP contribution in [0.1, 0.15) is 0 Å². The van der Waals surface area contributed by atoms with Crippen LogP contribution in [0.3, 0.4) is 0 Å². The second-order valence-electron chi connectivity index (χ2n) is 4.81. The van der Waals surface area contributed by atoms with Crippen molar-refractivity contribution in [3.63, 3.8) is 0 Å². The SMILES string of the molecule is O=[N+]([O-])c1cc(F)ccc1Nc1cc(Cl)nc(-c2ccccc2)n1. The minimum absolute atomic E-state index is 0.107. The summed E-state index contributed by atoms with van der Waals surface area (Å²) in [5, 5.41) is 14.0. The number of anilines is 2. The normalized spacial score (nSPS) is 10.4. The van der Waals surface area contributed by atoms with Crippen LogP contribution in [0.5, 0.6) is 0 Å². The van der Waals surface area contributed by atoms with Crippen molar-refractivity contribution in [1.82, 2.24) is 9.97 Å². The zero-order valence-electron chi connectivity index (χ0n) is 12.1. The standard InChI is InChI=1S/C16H10ClFN4O2/c17-14-9-15(21-16(20-14)10-4-2-1-3-5-10)19-12-7-6-11(18)8-13(12)22(23)24/h1-9H,(H,19,20,21). The fourth-order valence-corrected chi connectivity index (χ4v) is 2.28. The zero-order valence-corrected chi connectivity index (χ0v) is 12.9. The third-order valence-electron chi connectivity index (χ3n) is 3.15. The largest absolute Gasteiger partial charge is 0.334 e. The Morgan fingerprint density at radius 3 is 2.54 bits per heavy atom. The average molecular weight is 345 g/mol. The van der Waals surface area contributed by atoms with Crippen LogP contribution in [0.4, 0.5) is 21.6 Å². The molecule has 0 bridgehead atoms. The van der Waals surface area contributed by atoms with E-state index in [0.717, 1.165) is 17.7 Å². The Balaban J connectivity index is 2.00. The van der Waals surface area contributed by atoms with Crippen LogP contribution in [-0.2, 0) is 0 Å². The average Bonchev–Trinajstić information content (AvgIpc) is 2.56. The molecule has 120 valence electrons. The van der Waals surface area contributed by atoms with Crippen LogP contribution >= 0.6 is 11.6 Å². The minimum Gasteiger partial charge on any atom is -0.334 e. The van der Waals surface area contributed by atoms with Gasteiger partial charge in [-0.3, -0.25) is 10.1 Å². The first-order valence-electron chi connectivity index (χ1n) is 6.84. The summed E-state index contributed by atoms with van der Waals surface area (Å²) in [6.07, 6.45) is 0. The van der Waals surface area contributed by atoms with Gasteiger partial charge in [-0.25, -0.2) is 14.4 Å². The van der Waals surface area contributed by atoms with Gasteiger partial charge in [-0.05, 0) is 12.1 Å². The van der Waals surface area contributed by atoms with Crippen molar-refractivity contribution in [1.29, 1.82) is 0 Å². The van der Waals surface area contributed by atoms with Crippen LogP contribution in [0.2, 0.25) is 5.15 Å². The summed E-state index contributed by atoms with van der Waals surface area (Å²) in [5.74, 6) is -0.0585. The molecule has 0 saturated heterocycles. The van der Waals surface area contributed by atoms with E-state index in [-0.39, 0.29) is 16.7 Å². The van der Waals surface area contributed by atoms with E-state index in [9.17, 15) is 14.5 Å². The number of aromatic nitrogens is 2. The van der Waals surface area contributed by atoms with Crippen LogP contribution in [0.25, 0.3) is 11.4 Å². The Bertz CT molecular complexity index is 906. The summed E-state index contributed by atoms with van der Waals surface area (Å²) >= 11 is 6.01. The molecule has 3 aromatic rings. The molecule has 0 spiro atoms. The number of nitro groups is 1. The van der Waals surface area contributed by atoms with E-state index >= 15 is 0 Å². The highest BCUT2D eigenvalue weighted by Crippen LogP contribution is 2.29. The van der Waals surface area contributed by atoms with Crippen molar-refractivity contribution in [2.75, 3.05) is 5.32 Å². The highest BCUT2D eigenvalue weighted by Gasteiger charge is 2.16. The maximum absolute atomic E-state index is 13.2. The highest BCUT2D eigenvalue weighted by atomic mass is 35.5.